The molecule has 1 unspecified atom stereocenters. The number of nitrogens with one attached hydrogen (secondary N) is 2. The zero-order valence-electron chi connectivity index (χ0n) is 17.5. The van der Waals surface area contributed by atoms with E-state index in [0.29, 0.717) is 24.3 Å². The molecule has 1 atom stereocenters. The maximum atomic E-state index is 14.0. The Labute approximate surface area is 176 Å². The lowest BCUT2D eigenvalue weighted by Crippen LogP contribution is -2.54. The molecule has 2 aliphatic heterocycles. The van der Waals surface area contributed by atoms with Crippen molar-refractivity contribution in [2.75, 3.05) is 20.6 Å². The molecule has 1 aromatic heterocycles. The molecule has 158 valence electrons. The number of rotatable bonds is 3. The lowest BCUT2D eigenvalue weighted by molar-refractivity contribution is 0.0614. The molecule has 2 N–H and O–H groups in total. The van der Waals surface area contributed by atoms with E-state index in [4.69, 9.17) is 0 Å². The second-order valence-corrected chi connectivity index (χ2v) is 9.14. The van der Waals surface area contributed by atoms with Crippen molar-refractivity contribution < 1.29 is 9.18 Å². The first-order valence-electron chi connectivity index (χ1n) is 10.6. The first kappa shape index (κ1) is 19.3. The molecule has 7 heteroatoms. The van der Waals surface area contributed by atoms with Gasteiger partial charge in [0, 0.05) is 36.5 Å². The Balaban J connectivity index is 1.33. The molecule has 1 aromatic carbocycles. The number of amides is 2. The Morgan fingerprint density at radius 2 is 1.90 bits per heavy atom. The summed E-state index contributed by atoms with van der Waals surface area (Å²) in [6, 6.07) is 10.4. The average Bonchev–Trinajstić information content (AvgIpc) is 3.29. The predicted octanol–water partition coefficient (Wildman–Crippen LogP) is 3.58. The van der Waals surface area contributed by atoms with E-state index in [-0.39, 0.29) is 29.0 Å². The zero-order chi connectivity index (χ0) is 20.9. The van der Waals surface area contributed by atoms with Crippen molar-refractivity contribution in [2.45, 2.75) is 49.2 Å². The highest BCUT2D eigenvalue weighted by molar-refractivity contribution is 5.84. The van der Waals surface area contributed by atoms with Gasteiger partial charge in [-0.25, -0.2) is 14.2 Å². The van der Waals surface area contributed by atoms with Gasteiger partial charge in [0.25, 0.3) is 0 Å². The van der Waals surface area contributed by atoms with E-state index in [9.17, 15) is 9.18 Å². The van der Waals surface area contributed by atoms with Crippen LogP contribution in [-0.4, -0.2) is 59.3 Å². The molecule has 3 heterocycles. The minimum Gasteiger partial charge on any atom is -0.344 e. The fraction of sp³-hybridized carbons (Fsp3) is 0.478. The van der Waals surface area contributed by atoms with Crippen LogP contribution in [0.1, 0.15) is 36.8 Å². The average molecular weight is 410 g/mol. The van der Waals surface area contributed by atoms with Gasteiger partial charge >= 0.3 is 6.03 Å². The number of carbonyl (C=O) groups is 1. The number of urea groups is 1. The summed E-state index contributed by atoms with van der Waals surface area (Å²) in [5.74, 6) is 0.284. The van der Waals surface area contributed by atoms with Crippen LogP contribution in [-0.2, 0) is 12.0 Å². The standard InChI is InChI=1S/C23H28FN5O/c1-28(2)23(16-6-4-3-5-7-16)10-8-22(9-11-23)15-29(21(30)27-22)17-12-18-19(24)14-26-20(18)25-13-17/h3-7,13-14,17,26H,8-12,15H2,1-2H3,(H,27,30). The van der Waals surface area contributed by atoms with Crippen molar-refractivity contribution in [3.63, 3.8) is 0 Å². The number of carbonyl (C=O) groups excluding carboxylic acids is 1. The molecule has 6 nitrogen and oxygen atoms in total. The van der Waals surface area contributed by atoms with Gasteiger partial charge in [0.05, 0.1) is 11.6 Å². The molecule has 5 rings (SSSR count). The van der Waals surface area contributed by atoms with Crippen LogP contribution < -0.4 is 5.32 Å². The molecule has 30 heavy (non-hydrogen) atoms. The number of hydrogen-bond acceptors (Lipinski definition) is 3. The number of fused-ring (bicyclic) bond motifs is 1. The number of H-pyrrole nitrogens is 1. The lowest BCUT2D eigenvalue weighted by atomic mass is 9.69. The molecule has 1 spiro atoms. The molecule has 0 radical (unpaired) electrons. The van der Waals surface area contributed by atoms with Gasteiger partial charge in [-0.1, -0.05) is 30.3 Å². The summed E-state index contributed by atoms with van der Waals surface area (Å²) < 4.78 is 14.0. The van der Waals surface area contributed by atoms with Crippen molar-refractivity contribution in [1.29, 1.82) is 0 Å². The first-order valence-corrected chi connectivity index (χ1v) is 10.6. The number of benzene rings is 1. The molecule has 1 saturated carbocycles. The Bertz CT molecular complexity index is 975. The highest BCUT2D eigenvalue weighted by Gasteiger charge is 2.51. The Kier molecular flexibility index (Phi) is 4.47. The minimum absolute atomic E-state index is 0.0138. The number of aromatic nitrogens is 1. The number of hydrogen-bond donors (Lipinski definition) is 2. The van der Waals surface area contributed by atoms with Gasteiger partial charge in [-0.15, -0.1) is 0 Å². The second kappa shape index (κ2) is 6.94. The first-order chi connectivity index (χ1) is 14.4. The van der Waals surface area contributed by atoms with E-state index < -0.39 is 0 Å². The van der Waals surface area contributed by atoms with E-state index in [2.05, 4.69) is 64.6 Å². The van der Waals surface area contributed by atoms with E-state index in [1.807, 2.05) is 4.90 Å². The van der Waals surface area contributed by atoms with Crippen molar-refractivity contribution in [2.24, 2.45) is 4.99 Å². The predicted molar refractivity (Wildman–Crippen MR) is 115 cm³/mol. The van der Waals surface area contributed by atoms with E-state index >= 15 is 0 Å². The summed E-state index contributed by atoms with van der Waals surface area (Å²) in [7, 11) is 4.29. The minimum atomic E-state index is -0.280. The summed E-state index contributed by atoms with van der Waals surface area (Å²) in [5.41, 5.74) is 1.66. The summed E-state index contributed by atoms with van der Waals surface area (Å²) in [5, 5.41) is 3.28. The topological polar surface area (TPSA) is 63.7 Å². The highest BCUT2D eigenvalue weighted by atomic mass is 19.1. The third kappa shape index (κ3) is 2.95. The fourth-order valence-corrected chi connectivity index (χ4v) is 5.51. The monoisotopic (exact) mass is 409 g/mol. The third-order valence-corrected chi connectivity index (χ3v) is 7.41. The molecule has 1 saturated heterocycles. The van der Waals surface area contributed by atoms with E-state index in [1.54, 1.807) is 6.21 Å². The molecule has 2 aromatic rings. The number of aromatic amines is 1. The summed E-state index contributed by atoms with van der Waals surface area (Å²) in [6.07, 6.45) is 7.35. The van der Waals surface area contributed by atoms with Crippen LogP contribution in [0.2, 0.25) is 0 Å². The van der Waals surface area contributed by atoms with Crippen LogP contribution in [0.15, 0.2) is 41.5 Å². The van der Waals surface area contributed by atoms with Crippen LogP contribution in [0.3, 0.4) is 0 Å². The van der Waals surface area contributed by atoms with E-state index in [1.165, 1.54) is 11.8 Å². The van der Waals surface area contributed by atoms with Crippen LogP contribution in [0, 0.1) is 5.82 Å². The second-order valence-electron chi connectivity index (χ2n) is 9.14. The van der Waals surface area contributed by atoms with Gasteiger partial charge in [-0.3, -0.25) is 4.90 Å². The van der Waals surface area contributed by atoms with Crippen LogP contribution in [0.5, 0.6) is 0 Å². The number of nitrogens with zero attached hydrogens (tertiary/aromatic N) is 3. The third-order valence-electron chi connectivity index (χ3n) is 7.41. The molecular weight excluding hydrogens is 381 g/mol. The summed E-state index contributed by atoms with van der Waals surface area (Å²) >= 11 is 0. The van der Waals surface area contributed by atoms with Gasteiger partial charge in [0.1, 0.15) is 11.6 Å². The van der Waals surface area contributed by atoms with Gasteiger partial charge in [0.2, 0.25) is 0 Å². The Hall–Kier alpha value is -2.67. The maximum absolute atomic E-state index is 14.0. The fourth-order valence-electron chi connectivity index (χ4n) is 5.51. The smallest absolute Gasteiger partial charge is 0.318 e. The van der Waals surface area contributed by atoms with Crippen LogP contribution >= 0.6 is 0 Å². The Morgan fingerprint density at radius 1 is 1.17 bits per heavy atom. The number of aliphatic imine (C=N–C) groups is 1. The van der Waals surface area contributed by atoms with Gasteiger partial charge in [0.15, 0.2) is 0 Å². The largest absolute Gasteiger partial charge is 0.344 e. The van der Waals surface area contributed by atoms with Gasteiger partial charge < -0.3 is 15.2 Å². The van der Waals surface area contributed by atoms with Crippen molar-refractivity contribution in [3.8, 4) is 0 Å². The molecule has 2 fully saturated rings. The van der Waals surface area contributed by atoms with Crippen molar-refractivity contribution >= 4 is 18.1 Å². The quantitative estimate of drug-likeness (QED) is 0.814. The zero-order valence-corrected chi connectivity index (χ0v) is 17.5. The van der Waals surface area contributed by atoms with Gasteiger partial charge in [-0.05, 0) is 45.3 Å². The molecule has 1 aliphatic carbocycles. The van der Waals surface area contributed by atoms with Crippen LogP contribution in [0.25, 0.3) is 0 Å². The number of halogens is 1. The normalized spacial score (nSPS) is 30.7. The molecule has 0 bridgehead atoms. The molecule has 3 aliphatic rings. The molecular formula is C23H28FN5O. The van der Waals surface area contributed by atoms with Crippen molar-refractivity contribution in [1.82, 2.24) is 20.1 Å². The highest BCUT2D eigenvalue weighted by Crippen LogP contribution is 2.46. The Morgan fingerprint density at radius 3 is 2.60 bits per heavy atom. The SMILES string of the molecule is CN(C)C1(c2ccccc2)CCC2(CC1)CN(C1C=Nc3[nH]cc(F)c3C1)C(=O)N2. The molecule has 2 amide bonds. The van der Waals surface area contributed by atoms with Crippen molar-refractivity contribution in [3.05, 3.63) is 53.5 Å². The summed E-state index contributed by atoms with van der Waals surface area (Å²) in [4.78, 5) is 24.2. The lowest BCUT2D eigenvalue weighted by Gasteiger charge is -2.48. The van der Waals surface area contributed by atoms with E-state index in [0.717, 1.165) is 25.7 Å². The van der Waals surface area contributed by atoms with Gasteiger partial charge in [-0.2, -0.15) is 0 Å². The van der Waals surface area contributed by atoms with Crippen LogP contribution in [0.4, 0.5) is 15.0 Å². The summed E-state index contributed by atoms with van der Waals surface area (Å²) in [6.45, 7) is 0.641. The maximum Gasteiger partial charge on any atom is 0.318 e.